The van der Waals surface area contributed by atoms with E-state index >= 15 is 0 Å². The molecule has 0 unspecified atom stereocenters. The Labute approximate surface area is 149 Å². The number of fused-ring (bicyclic) bond motifs is 1. The summed E-state index contributed by atoms with van der Waals surface area (Å²) in [6.45, 7) is 3.57. The zero-order chi connectivity index (χ0) is 18.1. The molecule has 8 nitrogen and oxygen atoms in total. The Kier molecular flexibility index (Phi) is 4.50. The van der Waals surface area contributed by atoms with E-state index in [9.17, 15) is 14.4 Å². The molecule has 4 rings (SSSR count). The number of urea groups is 1. The Balaban J connectivity index is 1.39. The fourth-order valence-electron chi connectivity index (χ4n) is 3.62. The third-order valence-corrected chi connectivity index (χ3v) is 5.12. The van der Waals surface area contributed by atoms with Gasteiger partial charge >= 0.3 is 11.8 Å². The van der Waals surface area contributed by atoms with Crippen molar-refractivity contribution in [3.05, 3.63) is 34.3 Å². The van der Waals surface area contributed by atoms with Crippen LogP contribution in [0.3, 0.4) is 0 Å². The highest BCUT2D eigenvalue weighted by molar-refractivity contribution is 6.00. The lowest BCUT2D eigenvalue weighted by atomic mass is 9.89. The number of ether oxygens (including phenoxy) is 1. The zero-order valence-corrected chi connectivity index (χ0v) is 14.4. The molecule has 138 valence electrons. The molecule has 0 saturated carbocycles. The summed E-state index contributed by atoms with van der Waals surface area (Å²) in [4.78, 5) is 42.7. The molecule has 2 aliphatic rings. The summed E-state index contributed by atoms with van der Waals surface area (Å²) in [6, 6.07) is 5.04. The van der Waals surface area contributed by atoms with E-state index in [0.717, 1.165) is 0 Å². The first-order valence-electron chi connectivity index (χ1n) is 8.90. The van der Waals surface area contributed by atoms with Crippen LogP contribution in [0.5, 0.6) is 0 Å². The predicted molar refractivity (Wildman–Crippen MR) is 93.3 cm³/mol. The predicted octanol–water partition coefficient (Wildman–Crippen LogP) is 1.47. The summed E-state index contributed by atoms with van der Waals surface area (Å²) in [5.74, 6) is -0.611. The second-order valence-electron chi connectivity index (χ2n) is 6.73. The number of likely N-dealkylation sites (tertiary alicyclic amines) is 1. The molecule has 3 heterocycles. The maximum absolute atomic E-state index is 12.8. The molecule has 0 atom stereocenters. The van der Waals surface area contributed by atoms with Gasteiger partial charge in [-0.05, 0) is 31.0 Å². The normalized spacial score (nSPS) is 19.1. The van der Waals surface area contributed by atoms with Gasteiger partial charge in [0.2, 0.25) is 0 Å². The maximum Gasteiger partial charge on any atom is 0.417 e. The second kappa shape index (κ2) is 6.95. The quantitative estimate of drug-likeness (QED) is 0.819. The van der Waals surface area contributed by atoms with Crippen molar-refractivity contribution in [3.63, 3.8) is 0 Å². The van der Waals surface area contributed by atoms with Gasteiger partial charge in [-0.2, -0.15) is 0 Å². The van der Waals surface area contributed by atoms with E-state index in [1.54, 1.807) is 18.2 Å². The molecule has 1 aromatic heterocycles. The minimum absolute atomic E-state index is 0.0363. The standard InChI is InChI=1S/C18H21N3O5/c22-16(13-1-2-14-15(11-13)26-17(23)19-14)12-3-5-20(6-4-12)18(24)21-7-9-25-10-8-21/h1-2,11-12H,3-10H2,(H,19,23). The number of carbonyl (C=O) groups excluding carboxylic acids is 2. The van der Waals surface area contributed by atoms with Crippen molar-refractivity contribution in [2.24, 2.45) is 5.92 Å². The molecule has 1 N–H and O–H groups in total. The van der Waals surface area contributed by atoms with Gasteiger partial charge in [0, 0.05) is 37.7 Å². The number of aromatic amines is 1. The van der Waals surface area contributed by atoms with E-state index in [4.69, 9.17) is 9.15 Å². The van der Waals surface area contributed by atoms with E-state index in [2.05, 4.69) is 4.98 Å². The molecule has 0 bridgehead atoms. The van der Waals surface area contributed by atoms with Crippen molar-refractivity contribution >= 4 is 22.9 Å². The van der Waals surface area contributed by atoms with Crippen molar-refractivity contribution in [1.29, 1.82) is 0 Å². The first kappa shape index (κ1) is 16.8. The van der Waals surface area contributed by atoms with Crippen LogP contribution in [-0.4, -0.2) is 66.0 Å². The molecule has 2 amide bonds. The van der Waals surface area contributed by atoms with Crippen molar-refractivity contribution < 1.29 is 18.7 Å². The summed E-state index contributed by atoms with van der Waals surface area (Å²) < 4.78 is 10.3. The Morgan fingerprint density at radius 2 is 1.73 bits per heavy atom. The summed E-state index contributed by atoms with van der Waals surface area (Å²) >= 11 is 0. The number of morpholine rings is 1. The molecule has 2 saturated heterocycles. The van der Waals surface area contributed by atoms with Crippen LogP contribution in [0.25, 0.3) is 11.1 Å². The molecule has 2 aromatic rings. The third kappa shape index (κ3) is 3.24. The molecule has 26 heavy (non-hydrogen) atoms. The summed E-state index contributed by atoms with van der Waals surface area (Å²) in [5.41, 5.74) is 1.51. The van der Waals surface area contributed by atoms with Crippen LogP contribution in [0.1, 0.15) is 23.2 Å². The SMILES string of the molecule is O=C(c1ccc2[nH]c(=O)oc2c1)C1CCN(C(=O)N2CCOCC2)CC1. The Bertz CT molecular complexity index is 872. The van der Waals surface area contributed by atoms with Crippen molar-refractivity contribution in [2.45, 2.75) is 12.8 Å². The molecular formula is C18H21N3O5. The van der Waals surface area contributed by atoms with Crippen LogP contribution in [0.15, 0.2) is 27.4 Å². The van der Waals surface area contributed by atoms with Crippen LogP contribution in [0, 0.1) is 5.92 Å². The number of piperidine rings is 1. The minimum atomic E-state index is -0.528. The molecule has 2 fully saturated rings. The summed E-state index contributed by atoms with van der Waals surface area (Å²) in [6.07, 6.45) is 1.29. The Morgan fingerprint density at radius 3 is 2.46 bits per heavy atom. The number of Topliss-reactive ketones (excluding diaryl/α,β-unsaturated/α-hetero) is 1. The largest absolute Gasteiger partial charge is 0.417 e. The molecule has 0 aliphatic carbocycles. The van der Waals surface area contributed by atoms with Crippen LogP contribution in [0.2, 0.25) is 0 Å². The Hall–Kier alpha value is -2.61. The van der Waals surface area contributed by atoms with Gasteiger partial charge in [-0.25, -0.2) is 9.59 Å². The molecule has 0 spiro atoms. The van der Waals surface area contributed by atoms with Crippen molar-refractivity contribution in [1.82, 2.24) is 14.8 Å². The van der Waals surface area contributed by atoms with E-state index in [1.165, 1.54) is 0 Å². The number of hydrogen-bond acceptors (Lipinski definition) is 5. The number of hydrogen-bond donors (Lipinski definition) is 1. The van der Waals surface area contributed by atoms with Gasteiger partial charge in [-0.15, -0.1) is 0 Å². The number of benzene rings is 1. The number of ketones is 1. The third-order valence-electron chi connectivity index (χ3n) is 5.12. The number of H-pyrrole nitrogens is 1. The van der Waals surface area contributed by atoms with Gasteiger partial charge < -0.3 is 19.0 Å². The number of nitrogens with one attached hydrogen (secondary N) is 1. The van der Waals surface area contributed by atoms with Crippen molar-refractivity contribution in [3.8, 4) is 0 Å². The van der Waals surface area contributed by atoms with Gasteiger partial charge in [0.15, 0.2) is 11.4 Å². The topological polar surface area (TPSA) is 95.8 Å². The fraction of sp³-hybridized carbons (Fsp3) is 0.500. The molecule has 0 radical (unpaired) electrons. The van der Waals surface area contributed by atoms with E-state index in [-0.39, 0.29) is 17.7 Å². The monoisotopic (exact) mass is 359 g/mol. The van der Waals surface area contributed by atoms with Gasteiger partial charge in [-0.1, -0.05) is 0 Å². The highest BCUT2D eigenvalue weighted by Crippen LogP contribution is 2.24. The number of nitrogens with zero attached hydrogens (tertiary/aromatic N) is 2. The lowest BCUT2D eigenvalue weighted by Crippen LogP contribution is -2.50. The number of amides is 2. The minimum Gasteiger partial charge on any atom is -0.408 e. The molecule has 2 aliphatic heterocycles. The van der Waals surface area contributed by atoms with Crippen LogP contribution < -0.4 is 5.76 Å². The maximum atomic E-state index is 12.8. The highest BCUT2D eigenvalue weighted by atomic mass is 16.5. The smallest absolute Gasteiger partial charge is 0.408 e. The van der Waals surface area contributed by atoms with Gasteiger partial charge in [-0.3, -0.25) is 9.78 Å². The lowest BCUT2D eigenvalue weighted by molar-refractivity contribution is 0.0397. The average molecular weight is 359 g/mol. The van der Waals surface area contributed by atoms with Gasteiger partial charge in [0.25, 0.3) is 0 Å². The Morgan fingerprint density at radius 1 is 1.04 bits per heavy atom. The number of oxazole rings is 1. The number of rotatable bonds is 2. The lowest BCUT2D eigenvalue weighted by Gasteiger charge is -2.36. The summed E-state index contributed by atoms with van der Waals surface area (Å²) in [5, 5.41) is 0. The van der Waals surface area contributed by atoms with Crippen LogP contribution >= 0.6 is 0 Å². The van der Waals surface area contributed by atoms with E-state index in [1.807, 2.05) is 9.80 Å². The van der Waals surface area contributed by atoms with Crippen LogP contribution in [0.4, 0.5) is 4.79 Å². The zero-order valence-electron chi connectivity index (χ0n) is 14.4. The van der Waals surface area contributed by atoms with E-state index < -0.39 is 5.76 Å². The average Bonchev–Trinajstić information content (AvgIpc) is 3.07. The molecular weight excluding hydrogens is 338 g/mol. The first-order valence-corrected chi connectivity index (χ1v) is 8.90. The fourth-order valence-corrected chi connectivity index (χ4v) is 3.62. The van der Waals surface area contributed by atoms with Gasteiger partial charge in [0.05, 0.1) is 18.7 Å². The van der Waals surface area contributed by atoms with Crippen molar-refractivity contribution in [2.75, 3.05) is 39.4 Å². The molecule has 1 aromatic carbocycles. The number of aromatic nitrogens is 1. The summed E-state index contributed by atoms with van der Waals surface area (Å²) in [7, 11) is 0. The van der Waals surface area contributed by atoms with Crippen LogP contribution in [-0.2, 0) is 4.74 Å². The number of carbonyl (C=O) groups is 2. The van der Waals surface area contributed by atoms with E-state index in [0.29, 0.717) is 68.9 Å². The molecule has 8 heteroatoms. The first-order chi connectivity index (χ1) is 12.6. The highest BCUT2D eigenvalue weighted by Gasteiger charge is 2.30. The van der Waals surface area contributed by atoms with Gasteiger partial charge in [0.1, 0.15) is 0 Å². The second-order valence-corrected chi connectivity index (χ2v) is 6.73.